The highest BCUT2D eigenvalue weighted by Crippen LogP contribution is 2.35. The van der Waals surface area contributed by atoms with Crippen LogP contribution >= 0.6 is 11.3 Å². The second-order valence-corrected chi connectivity index (χ2v) is 4.54. The number of allylic oxidation sites excluding steroid dienone is 1. The predicted molar refractivity (Wildman–Crippen MR) is 63.1 cm³/mol. The van der Waals surface area contributed by atoms with Crippen molar-refractivity contribution in [2.45, 2.75) is 0 Å². The fourth-order valence-corrected chi connectivity index (χ4v) is 2.78. The van der Waals surface area contributed by atoms with Crippen LogP contribution in [0.3, 0.4) is 0 Å². The second kappa shape index (κ2) is 3.17. The average Bonchev–Trinajstić information content (AvgIpc) is 2.83. The Bertz CT molecular complexity index is 549. The number of carbonyl (C=O) groups is 1. The quantitative estimate of drug-likeness (QED) is 0.705. The van der Waals surface area contributed by atoms with Crippen molar-refractivity contribution >= 4 is 23.2 Å². The summed E-state index contributed by atoms with van der Waals surface area (Å²) < 4.78 is 0. The van der Waals surface area contributed by atoms with Crippen molar-refractivity contribution in [2.24, 2.45) is 0 Å². The number of hydrogen-bond acceptors (Lipinski definition) is 2. The molecule has 0 N–H and O–H groups in total. The van der Waals surface area contributed by atoms with Gasteiger partial charge in [-0.1, -0.05) is 30.3 Å². The van der Waals surface area contributed by atoms with E-state index in [1.54, 1.807) is 17.4 Å². The molecule has 1 nitrogen and oxygen atoms in total. The Morgan fingerprint density at radius 2 is 1.80 bits per heavy atom. The molecule has 0 saturated heterocycles. The van der Waals surface area contributed by atoms with E-state index >= 15 is 0 Å². The molecular formula is C13H8OS. The van der Waals surface area contributed by atoms with E-state index in [-0.39, 0.29) is 5.78 Å². The number of thiophene rings is 1. The zero-order valence-electron chi connectivity index (χ0n) is 7.94. The Hall–Kier alpha value is -1.67. The molecule has 0 aliphatic heterocycles. The molecule has 0 unspecified atom stereocenters. The molecule has 0 spiro atoms. The fourth-order valence-electron chi connectivity index (χ4n) is 1.71. The lowest BCUT2D eigenvalue weighted by molar-refractivity contribution is 0.105. The molecule has 2 heteroatoms. The van der Waals surface area contributed by atoms with Crippen molar-refractivity contribution in [3.8, 4) is 10.4 Å². The molecular weight excluding hydrogens is 204 g/mol. The van der Waals surface area contributed by atoms with Crippen molar-refractivity contribution in [1.29, 1.82) is 0 Å². The first kappa shape index (κ1) is 8.62. The highest BCUT2D eigenvalue weighted by molar-refractivity contribution is 7.17. The van der Waals surface area contributed by atoms with Crippen LogP contribution in [0.1, 0.15) is 15.2 Å². The van der Waals surface area contributed by atoms with Crippen LogP contribution in [-0.2, 0) is 0 Å². The molecule has 0 radical (unpaired) electrons. The van der Waals surface area contributed by atoms with Gasteiger partial charge in [-0.15, -0.1) is 11.3 Å². The summed E-state index contributed by atoms with van der Waals surface area (Å²) in [6, 6.07) is 12.1. The molecule has 15 heavy (non-hydrogen) atoms. The van der Waals surface area contributed by atoms with Gasteiger partial charge in [0.1, 0.15) is 0 Å². The Balaban J connectivity index is 2.13. The highest BCUT2D eigenvalue weighted by Gasteiger charge is 2.17. The normalized spacial score (nSPS) is 13.2. The molecule has 1 aromatic carbocycles. The van der Waals surface area contributed by atoms with E-state index in [4.69, 9.17) is 0 Å². The van der Waals surface area contributed by atoms with Gasteiger partial charge in [0.05, 0.1) is 0 Å². The Labute approximate surface area is 91.7 Å². The zero-order chi connectivity index (χ0) is 10.3. The third-order valence-corrected chi connectivity index (χ3v) is 3.62. The number of benzene rings is 1. The molecule has 72 valence electrons. The molecule has 0 amide bonds. The monoisotopic (exact) mass is 212 g/mol. The maximum absolute atomic E-state index is 11.4. The average molecular weight is 212 g/mol. The Kier molecular flexibility index (Phi) is 1.82. The van der Waals surface area contributed by atoms with Crippen LogP contribution < -0.4 is 0 Å². The summed E-state index contributed by atoms with van der Waals surface area (Å²) in [7, 11) is 0. The van der Waals surface area contributed by atoms with Crippen molar-refractivity contribution < 1.29 is 4.79 Å². The van der Waals surface area contributed by atoms with Crippen LogP contribution in [0, 0.1) is 0 Å². The molecule has 0 bridgehead atoms. The summed E-state index contributed by atoms with van der Waals surface area (Å²) in [6.07, 6.45) is 3.53. The highest BCUT2D eigenvalue weighted by atomic mass is 32.1. The maximum atomic E-state index is 11.4. The van der Waals surface area contributed by atoms with Gasteiger partial charge in [-0.05, 0) is 23.8 Å². The lowest BCUT2D eigenvalue weighted by Gasteiger charge is -1.94. The van der Waals surface area contributed by atoms with Crippen molar-refractivity contribution in [3.05, 3.63) is 52.9 Å². The topological polar surface area (TPSA) is 17.1 Å². The smallest absolute Gasteiger partial charge is 0.187 e. The number of rotatable bonds is 1. The lowest BCUT2D eigenvalue weighted by Crippen LogP contribution is -1.85. The van der Waals surface area contributed by atoms with Crippen molar-refractivity contribution in [3.63, 3.8) is 0 Å². The second-order valence-electron chi connectivity index (χ2n) is 3.45. The fraction of sp³-hybridized carbons (Fsp3) is 0. The molecule has 1 aliphatic rings. The van der Waals surface area contributed by atoms with E-state index < -0.39 is 0 Å². The number of fused-ring (bicyclic) bond motifs is 1. The van der Waals surface area contributed by atoms with E-state index in [2.05, 4.69) is 12.1 Å². The van der Waals surface area contributed by atoms with Gasteiger partial charge < -0.3 is 0 Å². The van der Waals surface area contributed by atoms with Gasteiger partial charge in [-0.3, -0.25) is 4.79 Å². The molecule has 0 saturated carbocycles. The van der Waals surface area contributed by atoms with E-state index in [9.17, 15) is 4.79 Å². The van der Waals surface area contributed by atoms with E-state index in [1.165, 1.54) is 10.4 Å². The third-order valence-electron chi connectivity index (χ3n) is 2.47. The van der Waals surface area contributed by atoms with Crippen LogP contribution in [0.4, 0.5) is 0 Å². The first-order chi connectivity index (χ1) is 7.34. The molecule has 1 aliphatic carbocycles. The molecule has 0 fully saturated rings. The number of hydrogen-bond donors (Lipinski definition) is 0. The van der Waals surface area contributed by atoms with E-state index in [0.717, 1.165) is 10.4 Å². The standard InChI is InChI=1S/C13H8OS/c14-11-6-7-12-10(11)8-13(15-12)9-4-2-1-3-5-9/h1-8H. The van der Waals surface area contributed by atoms with E-state index in [0.29, 0.717) is 0 Å². The lowest BCUT2D eigenvalue weighted by atomic mass is 10.1. The summed E-state index contributed by atoms with van der Waals surface area (Å²) in [4.78, 5) is 13.7. The van der Waals surface area contributed by atoms with Crippen LogP contribution in [0.2, 0.25) is 0 Å². The van der Waals surface area contributed by atoms with Gasteiger partial charge in [0.15, 0.2) is 5.78 Å². The zero-order valence-corrected chi connectivity index (χ0v) is 8.75. The Morgan fingerprint density at radius 3 is 2.53 bits per heavy atom. The van der Waals surface area contributed by atoms with Crippen LogP contribution in [0.25, 0.3) is 16.5 Å². The van der Waals surface area contributed by atoms with Gasteiger partial charge in [-0.2, -0.15) is 0 Å². The summed E-state index contributed by atoms with van der Waals surface area (Å²) >= 11 is 1.67. The van der Waals surface area contributed by atoms with Crippen LogP contribution in [0.15, 0.2) is 42.5 Å². The van der Waals surface area contributed by atoms with Gasteiger partial charge in [-0.25, -0.2) is 0 Å². The SMILES string of the molecule is O=C1C=Cc2sc(-c3ccccc3)cc21. The molecule has 1 heterocycles. The molecule has 0 atom stereocenters. The van der Waals surface area contributed by atoms with E-state index in [1.807, 2.05) is 30.3 Å². The van der Waals surface area contributed by atoms with Crippen LogP contribution in [0.5, 0.6) is 0 Å². The summed E-state index contributed by atoms with van der Waals surface area (Å²) in [6.45, 7) is 0. The molecule has 2 aromatic rings. The summed E-state index contributed by atoms with van der Waals surface area (Å²) in [5.74, 6) is 0.128. The van der Waals surface area contributed by atoms with Gasteiger partial charge in [0.25, 0.3) is 0 Å². The maximum Gasteiger partial charge on any atom is 0.187 e. The Morgan fingerprint density at radius 1 is 1.00 bits per heavy atom. The molecule has 1 aromatic heterocycles. The number of ketones is 1. The summed E-state index contributed by atoms with van der Waals surface area (Å²) in [5, 5.41) is 0. The minimum absolute atomic E-state index is 0.128. The third kappa shape index (κ3) is 1.34. The minimum Gasteiger partial charge on any atom is -0.289 e. The first-order valence-corrected chi connectivity index (χ1v) is 5.58. The van der Waals surface area contributed by atoms with Crippen LogP contribution in [-0.4, -0.2) is 5.78 Å². The van der Waals surface area contributed by atoms with Gasteiger partial charge >= 0.3 is 0 Å². The summed E-state index contributed by atoms with van der Waals surface area (Å²) in [5.41, 5.74) is 2.02. The van der Waals surface area contributed by atoms with Gasteiger partial charge in [0, 0.05) is 15.3 Å². The minimum atomic E-state index is 0.128. The molecule has 3 rings (SSSR count). The first-order valence-electron chi connectivity index (χ1n) is 4.76. The largest absolute Gasteiger partial charge is 0.289 e. The van der Waals surface area contributed by atoms with Crippen molar-refractivity contribution in [1.82, 2.24) is 0 Å². The van der Waals surface area contributed by atoms with Gasteiger partial charge in [0.2, 0.25) is 0 Å². The number of carbonyl (C=O) groups excluding carboxylic acids is 1. The predicted octanol–water partition coefficient (Wildman–Crippen LogP) is 3.62. The van der Waals surface area contributed by atoms with Crippen molar-refractivity contribution in [2.75, 3.05) is 0 Å².